The summed E-state index contributed by atoms with van der Waals surface area (Å²) in [6.07, 6.45) is 7.10. The third kappa shape index (κ3) is 5.65. The Morgan fingerprint density at radius 1 is 1.54 bits per heavy atom. The Bertz CT molecular complexity index is 281. The van der Waals surface area contributed by atoms with Gasteiger partial charge < -0.3 is 5.73 Å². The van der Waals surface area contributed by atoms with Crippen LogP contribution in [0.3, 0.4) is 0 Å². The lowest BCUT2D eigenvalue weighted by Crippen LogP contribution is -2.10. The van der Waals surface area contributed by atoms with Crippen molar-refractivity contribution >= 4 is 33.6 Å². The molecule has 0 fully saturated rings. The summed E-state index contributed by atoms with van der Waals surface area (Å²) in [7, 11) is 0. The number of pyridine rings is 1. The van der Waals surface area contributed by atoms with Gasteiger partial charge in [0.2, 0.25) is 5.91 Å². The van der Waals surface area contributed by atoms with Crippen molar-refractivity contribution in [1.82, 2.24) is 4.98 Å². The summed E-state index contributed by atoms with van der Waals surface area (Å²) in [5.41, 5.74) is 5.39. The van der Waals surface area contributed by atoms with Crippen LogP contribution in [0.5, 0.6) is 0 Å². The highest BCUT2D eigenvalue weighted by atomic mass is 79.9. The molecule has 0 atom stereocenters. The maximum Gasteiger partial charge on any atom is 0.250 e. The number of carbonyl (C=O) groups excluding carboxylic acids is 1. The Hall–Kier alpha value is -0.550. The summed E-state index contributed by atoms with van der Waals surface area (Å²) in [6, 6.07) is 1.62. The zero-order chi connectivity index (χ0) is 10.3. The number of thioether (sulfide) groups is 1. The van der Waals surface area contributed by atoms with E-state index in [1.807, 2.05) is 12.5 Å². The quantitative estimate of drug-likeness (QED) is 0.842. The molecule has 1 heterocycles. The minimum atomic E-state index is -0.464. The zero-order valence-corrected chi connectivity index (χ0v) is 9.85. The topological polar surface area (TPSA) is 56.0 Å². The highest BCUT2D eigenvalue weighted by Crippen LogP contribution is 2.08. The number of nitrogens with two attached hydrogens (primary N) is 1. The van der Waals surface area contributed by atoms with Gasteiger partial charge in [-0.1, -0.05) is 0 Å². The second-order valence-electron chi connectivity index (χ2n) is 2.16. The van der Waals surface area contributed by atoms with E-state index in [4.69, 9.17) is 5.73 Å². The van der Waals surface area contributed by atoms with Gasteiger partial charge in [-0.2, -0.15) is 11.8 Å². The van der Waals surface area contributed by atoms with Gasteiger partial charge in [0.1, 0.15) is 0 Å². The average Bonchev–Trinajstić information content (AvgIpc) is 2.05. The molecule has 0 aliphatic carbocycles. The molecule has 0 saturated heterocycles. The van der Waals surface area contributed by atoms with Crippen LogP contribution in [-0.4, -0.2) is 23.4 Å². The van der Waals surface area contributed by atoms with Gasteiger partial charge in [-0.15, -0.1) is 0 Å². The van der Waals surface area contributed by atoms with Gasteiger partial charge in [-0.05, 0) is 34.5 Å². The number of rotatable bonds is 1. The van der Waals surface area contributed by atoms with Crippen LogP contribution >= 0.6 is 27.7 Å². The van der Waals surface area contributed by atoms with Gasteiger partial charge in [0, 0.05) is 16.9 Å². The van der Waals surface area contributed by atoms with E-state index in [1.165, 1.54) is 6.20 Å². The molecule has 13 heavy (non-hydrogen) atoms. The Morgan fingerprint density at radius 2 is 2.08 bits per heavy atom. The molecule has 1 aromatic heterocycles. The number of nitrogens with zero attached hydrogens (tertiary/aromatic N) is 1. The number of carbonyl (C=O) groups is 1. The second kappa shape index (κ2) is 6.91. The van der Waals surface area contributed by atoms with Crippen molar-refractivity contribution in [3.63, 3.8) is 0 Å². The first-order valence-corrected chi connectivity index (χ1v) is 5.85. The average molecular weight is 263 g/mol. The highest BCUT2D eigenvalue weighted by molar-refractivity contribution is 9.10. The molecule has 5 heteroatoms. The van der Waals surface area contributed by atoms with Crippen LogP contribution in [0.15, 0.2) is 22.9 Å². The minimum Gasteiger partial charge on any atom is -0.366 e. The van der Waals surface area contributed by atoms with Gasteiger partial charge in [0.05, 0.1) is 5.56 Å². The Morgan fingerprint density at radius 3 is 2.38 bits per heavy atom. The first kappa shape index (κ1) is 12.4. The molecule has 3 nitrogen and oxygen atoms in total. The standard InChI is InChI=1S/C6H5BrN2O.C2H6S/c7-5-1-4(6(8)10)2-9-3-5;1-3-2/h1-3H,(H2,8,10);1-2H3. The molecule has 1 amide bonds. The summed E-state index contributed by atoms with van der Waals surface area (Å²) >= 11 is 4.91. The van der Waals surface area contributed by atoms with Gasteiger partial charge >= 0.3 is 0 Å². The number of primary amides is 1. The molecule has 0 aliphatic heterocycles. The van der Waals surface area contributed by atoms with E-state index < -0.39 is 5.91 Å². The Kier molecular flexibility index (Phi) is 6.62. The van der Waals surface area contributed by atoms with Crippen molar-refractivity contribution in [1.29, 1.82) is 0 Å². The third-order valence-electron chi connectivity index (χ3n) is 0.989. The van der Waals surface area contributed by atoms with E-state index in [9.17, 15) is 4.79 Å². The molecule has 0 radical (unpaired) electrons. The molecule has 1 rings (SSSR count). The van der Waals surface area contributed by atoms with Crippen molar-refractivity contribution < 1.29 is 4.79 Å². The fourth-order valence-electron chi connectivity index (χ4n) is 0.547. The van der Waals surface area contributed by atoms with E-state index in [0.717, 1.165) is 4.47 Å². The van der Waals surface area contributed by atoms with Gasteiger partial charge in [0.25, 0.3) is 0 Å². The molecule has 0 bridgehead atoms. The molecule has 2 N–H and O–H groups in total. The van der Waals surface area contributed by atoms with E-state index >= 15 is 0 Å². The molecular weight excluding hydrogens is 252 g/mol. The summed E-state index contributed by atoms with van der Waals surface area (Å²) in [6.45, 7) is 0. The van der Waals surface area contributed by atoms with E-state index in [0.29, 0.717) is 5.56 Å². The molecule has 0 spiro atoms. The van der Waals surface area contributed by atoms with E-state index in [1.54, 1.807) is 24.0 Å². The van der Waals surface area contributed by atoms with Gasteiger partial charge in [-0.3, -0.25) is 9.78 Å². The fraction of sp³-hybridized carbons (Fsp3) is 0.250. The number of hydrogen-bond acceptors (Lipinski definition) is 3. The first-order valence-electron chi connectivity index (χ1n) is 3.42. The largest absolute Gasteiger partial charge is 0.366 e. The molecule has 0 aliphatic rings. The fourth-order valence-corrected chi connectivity index (χ4v) is 0.911. The summed E-state index contributed by atoms with van der Waals surface area (Å²) in [5.74, 6) is -0.464. The number of hydrogen-bond donors (Lipinski definition) is 1. The predicted molar refractivity (Wildman–Crippen MR) is 59.9 cm³/mol. The van der Waals surface area contributed by atoms with Crippen LogP contribution < -0.4 is 5.73 Å². The van der Waals surface area contributed by atoms with Crippen LogP contribution in [0, 0.1) is 0 Å². The molecule has 1 aromatic rings. The minimum absolute atomic E-state index is 0.411. The lowest BCUT2D eigenvalue weighted by Gasteiger charge is -1.92. The molecule has 72 valence electrons. The smallest absolute Gasteiger partial charge is 0.250 e. The van der Waals surface area contributed by atoms with E-state index in [2.05, 4.69) is 20.9 Å². The van der Waals surface area contributed by atoms with Crippen molar-refractivity contribution in [2.45, 2.75) is 0 Å². The second-order valence-corrected chi connectivity index (χ2v) is 3.90. The maximum atomic E-state index is 10.5. The Labute approximate surface area is 90.2 Å². The van der Waals surface area contributed by atoms with Crippen molar-refractivity contribution in [3.05, 3.63) is 28.5 Å². The van der Waals surface area contributed by atoms with Crippen LogP contribution in [0.25, 0.3) is 0 Å². The lowest BCUT2D eigenvalue weighted by atomic mass is 10.3. The summed E-state index contributed by atoms with van der Waals surface area (Å²) in [5, 5.41) is 0. The monoisotopic (exact) mass is 262 g/mol. The highest BCUT2D eigenvalue weighted by Gasteiger charge is 1.98. The number of aromatic nitrogens is 1. The zero-order valence-electron chi connectivity index (χ0n) is 7.45. The van der Waals surface area contributed by atoms with Crippen LogP contribution in [0.1, 0.15) is 10.4 Å². The summed E-state index contributed by atoms with van der Waals surface area (Å²) < 4.78 is 0.754. The molecule has 0 aromatic carbocycles. The van der Waals surface area contributed by atoms with Crippen LogP contribution in [0.4, 0.5) is 0 Å². The van der Waals surface area contributed by atoms with Crippen molar-refractivity contribution in [2.24, 2.45) is 5.73 Å². The van der Waals surface area contributed by atoms with Gasteiger partial charge in [-0.25, -0.2) is 0 Å². The summed E-state index contributed by atoms with van der Waals surface area (Å²) in [4.78, 5) is 14.3. The normalized spacial score (nSPS) is 8.54. The lowest BCUT2D eigenvalue weighted by molar-refractivity contribution is 0.1000. The predicted octanol–water partition coefficient (Wildman–Crippen LogP) is 1.92. The number of halogens is 1. The Balaban J connectivity index is 0.000000424. The first-order chi connectivity index (χ1) is 6.11. The SMILES string of the molecule is CSC.NC(=O)c1cncc(Br)c1. The molecular formula is C8H11BrN2OS. The number of amides is 1. The maximum absolute atomic E-state index is 10.5. The molecule has 0 unspecified atom stereocenters. The van der Waals surface area contributed by atoms with Crippen molar-refractivity contribution in [3.8, 4) is 0 Å². The van der Waals surface area contributed by atoms with Crippen LogP contribution in [-0.2, 0) is 0 Å². The third-order valence-corrected chi connectivity index (χ3v) is 1.42. The van der Waals surface area contributed by atoms with Crippen LogP contribution in [0.2, 0.25) is 0 Å². The van der Waals surface area contributed by atoms with Crippen molar-refractivity contribution in [2.75, 3.05) is 12.5 Å². The van der Waals surface area contributed by atoms with E-state index in [-0.39, 0.29) is 0 Å². The molecule has 0 saturated carbocycles. The van der Waals surface area contributed by atoms with Gasteiger partial charge in [0.15, 0.2) is 0 Å².